The Morgan fingerprint density at radius 1 is 1.33 bits per heavy atom. The molecule has 7 heteroatoms. The first-order valence-corrected chi connectivity index (χ1v) is 6.68. The van der Waals surface area contributed by atoms with Crippen LogP contribution in [-0.2, 0) is 6.54 Å². The first kappa shape index (κ1) is 18.1. The minimum atomic E-state index is -4.31. The number of hydrogen-bond donors (Lipinski definition) is 1. The van der Waals surface area contributed by atoms with Gasteiger partial charge in [-0.05, 0) is 13.0 Å². The normalized spacial score (nSPS) is 19.9. The highest BCUT2D eigenvalue weighted by molar-refractivity contribution is 5.85. The molecule has 0 unspecified atom stereocenters. The minimum Gasteiger partial charge on any atom is -0.484 e. The van der Waals surface area contributed by atoms with Gasteiger partial charge in [0, 0.05) is 37.8 Å². The standard InChI is InChI=1S/C14H19F3N2O.ClH/c1-11-8-18-6-7-19(11)9-12-4-2-3-5-13(12)20-10-14(15,16)17;/h2-5,11,18H,6-10H2,1H3;1H/t11-;/m0./s1. The molecule has 0 bridgehead atoms. The number of para-hydroxylation sites is 1. The van der Waals surface area contributed by atoms with Gasteiger partial charge >= 0.3 is 6.18 Å². The second-order valence-electron chi connectivity index (χ2n) is 5.04. The van der Waals surface area contributed by atoms with Gasteiger partial charge in [-0.2, -0.15) is 13.2 Å². The molecule has 1 aromatic carbocycles. The minimum absolute atomic E-state index is 0. The van der Waals surface area contributed by atoms with E-state index in [2.05, 4.69) is 17.1 Å². The van der Waals surface area contributed by atoms with Crippen molar-refractivity contribution >= 4 is 12.4 Å². The van der Waals surface area contributed by atoms with E-state index in [1.807, 2.05) is 12.1 Å². The van der Waals surface area contributed by atoms with Crippen molar-refractivity contribution in [2.24, 2.45) is 0 Å². The van der Waals surface area contributed by atoms with Crippen LogP contribution in [0.2, 0.25) is 0 Å². The second-order valence-corrected chi connectivity index (χ2v) is 5.04. The van der Waals surface area contributed by atoms with Gasteiger partial charge in [0.2, 0.25) is 0 Å². The van der Waals surface area contributed by atoms with Crippen LogP contribution in [0.4, 0.5) is 13.2 Å². The number of alkyl halides is 3. The van der Waals surface area contributed by atoms with Crippen molar-refractivity contribution < 1.29 is 17.9 Å². The molecule has 0 aliphatic carbocycles. The third kappa shape index (κ3) is 5.73. The van der Waals surface area contributed by atoms with Crippen molar-refractivity contribution in [2.75, 3.05) is 26.2 Å². The van der Waals surface area contributed by atoms with Gasteiger partial charge in [-0.3, -0.25) is 4.90 Å². The third-order valence-corrected chi connectivity index (χ3v) is 3.38. The van der Waals surface area contributed by atoms with Gasteiger partial charge in [-0.15, -0.1) is 12.4 Å². The van der Waals surface area contributed by atoms with Gasteiger partial charge in [0.05, 0.1) is 0 Å². The average Bonchev–Trinajstić information content (AvgIpc) is 2.39. The molecule has 1 aromatic rings. The van der Waals surface area contributed by atoms with Crippen molar-refractivity contribution in [3.63, 3.8) is 0 Å². The molecule has 0 aromatic heterocycles. The lowest BCUT2D eigenvalue weighted by Crippen LogP contribution is -2.49. The Labute approximate surface area is 128 Å². The molecule has 1 N–H and O–H groups in total. The van der Waals surface area contributed by atoms with Crippen molar-refractivity contribution in [1.82, 2.24) is 10.2 Å². The second kappa shape index (κ2) is 7.87. The van der Waals surface area contributed by atoms with Gasteiger partial charge in [-0.25, -0.2) is 0 Å². The van der Waals surface area contributed by atoms with E-state index in [1.165, 1.54) is 0 Å². The molecule has 1 aliphatic heterocycles. The maximum absolute atomic E-state index is 12.2. The summed E-state index contributed by atoms with van der Waals surface area (Å²) >= 11 is 0. The highest BCUT2D eigenvalue weighted by atomic mass is 35.5. The Morgan fingerprint density at radius 3 is 2.71 bits per heavy atom. The Kier molecular flexibility index (Phi) is 6.77. The van der Waals surface area contributed by atoms with Gasteiger partial charge < -0.3 is 10.1 Å². The number of piperazine rings is 1. The molecule has 3 nitrogen and oxygen atoms in total. The van der Waals surface area contributed by atoms with E-state index in [9.17, 15) is 13.2 Å². The van der Waals surface area contributed by atoms with E-state index in [0.29, 0.717) is 18.3 Å². The maximum atomic E-state index is 12.2. The zero-order valence-corrected chi connectivity index (χ0v) is 12.6. The Balaban J connectivity index is 0.00000220. The molecule has 0 amide bonds. The molecule has 1 fully saturated rings. The van der Waals surface area contributed by atoms with Gasteiger partial charge in [0.25, 0.3) is 0 Å². The zero-order valence-electron chi connectivity index (χ0n) is 11.8. The Morgan fingerprint density at radius 2 is 2.05 bits per heavy atom. The van der Waals surface area contributed by atoms with Gasteiger partial charge in [0.15, 0.2) is 6.61 Å². The summed E-state index contributed by atoms with van der Waals surface area (Å²) in [4.78, 5) is 2.24. The van der Waals surface area contributed by atoms with Crippen molar-refractivity contribution in [2.45, 2.75) is 25.7 Å². The lowest BCUT2D eigenvalue weighted by molar-refractivity contribution is -0.153. The highest BCUT2D eigenvalue weighted by Gasteiger charge is 2.29. The van der Waals surface area contributed by atoms with Crippen molar-refractivity contribution in [1.29, 1.82) is 0 Å². The number of hydrogen-bond acceptors (Lipinski definition) is 3. The third-order valence-electron chi connectivity index (χ3n) is 3.38. The predicted molar refractivity (Wildman–Crippen MR) is 78.0 cm³/mol. The van der Waals surface area contributed by atoms with Crippen LogP contribution < -0.4 is 10.1 Å². The summed E-state index contributed by atoms with van der Waals surface area (Å²) in [5.41, 5.74) is 0.797. The first-order valence-electron chi connectivity index (χ1n) is 6.68. The molecule has 1 atom stereocenters. The van der Waals surface area contributed by atoms with Gasteiger partial charge in [0.1, 0.15) is 5.75 Å². The molecular formula is C14H20ClF3N2O. The summed E-state index contributed by atoms with van der Waals surface area (Å²) in [6.07, 6.45) is -4.31. The van der Waals surface area contributed by atoms with Crippen LogP contribution in [0.5, 0.6) is 5.75 Å². The molecule has 0 spiro atoms. The van der Waals surface area contributed by atoms with Gasteiger partial charge in [-0.1, -0.05) is 18.2 Å². The fraction of sp³-hybridized carbons (Fsp3) is 0.571. The first-order chi connectivity index (χ1) is 9.46. The summed E-state index contributed by atoms with van der Waals surface area (Å²) < 4.78 is 41.7. The molecule has 0 radical (unpaired) electrons. The van der Waals surface area contributed by atoms with Crippen molar-refractivity contribution in [3.05, 3.63) is 29.8 Å². The van der Waals surface area contributed by atoms with Crippen molar-refractivity contribution in [3.8, 4) is 5.75 Å². The van der Waals surface area contributed by atoms with E-state index < -0.39 is 12.8 Å². The van der Waals surface area contributed by atoms with Crippen LogP contribution in [0.1, 0.15) is 12.5 Å². The van der Waals surface area contributed by atoms with Crippen LogP contribution in [0.15, 0.2) is 24.3 Å². The molecular weight excluding hydrogens is 305 g/mol. The quantitative estimate of drug-likeness (QED) is 0.921. The molecule has 1 aliphatic rings. The molecule has 0 saturated carbocycles. The van der Waals surface area contributed by atoms with Crippen LogP contribution >= 0.6 is 12.4 Å². The number of nitrogens with zero attached hydrogens (tertiary/aromatic N) is 1. The summed E-state index contributed by atoms with van der Waals surface area (Å²) in [5.74, 6) is 0.315. The summed E-state index contributed by atoms with van der Waals surface area (Å²) in [7, 11) is 0. The summed E-state index contributed by atoms with van der Waals surface area (Å²) in [6.45, 7) is 4.14. The summed E-state index contributed by atoms with van der Waals surface area (Å²) in [5, 5.41) is 3.29. The average molecular weight is 325 g/mol. The van der Waals surface area contributed by atoms with E-state index >= 15 is 0 Å². The fourth-order valence-corrected chi connectivity index (χ4v) is 2.27. The number of halogens is 4. The molecule has 21 heavy (non-hydrogen) atoms. The lowest BCUT2D eigenvalue weighted by atomic mass is 10.1. The summed E-state index contributed by atoms with van der Waals surface area (Å²) in [6, 6.07) is 7.28. The highest BCUT2D eigenvalue weighted by Crippen LogP contribution is 2.24. The molecule has 2 rings (SSSR count). The molecule has 1 saturated heterocycles. The van der Waals surface area contributed by atoms with E-state index in [0.717, 1.165) is 25.2 Å². The number of rotatable bonds is 4. The zero-order chi connectivity index (χ0) is 14.6. The lowest BCUT2D eigenvalue weighted by Gasteiger charge is -2.34. The molecule has 120 valence electrons. The van der Waals surface area contributed by atoms with E-state index in [1.54, 1.807) is 12.1 Å². The van der Waals surface area contributed by atoms with E-state index in [-0.39, 0.29) is 12.4 Å². The van der Waals surface area contributed by atoms with E-state index in [4.69, 9.17) is 4.74 Å². The molecule has 1 heterocycles. The van der Waals surface area contributed by atoms with Crippen LogP contribution in [0, 0.1) is 0 Å². The fourth-order valence-electron chi connectivity index (χ4n) is 2.27. The number of benzene rings is 1. The van der Waals surface area contributed by atoms with Crippen LogP contribution in [0.3, 0.4) is 0 Å². The van der Waals surface area contributed by atoms with Crippen LogP contribution in [0.25, 0.3) is 0 Å². The predicted octanol–water partition coefficient (Wildman–Crippen LogP) is 2.84. The monoisotopic (exact) mass is 324 g/mol. The maximum Gasteiger partial charge on any atom is 0.422 e. The number of ether oxygens (including phenoxy) is 1. The largest absolute Gasteiger partial charge is 0.484 e. The smallest absolute Gasteiger partial charge is 0.422 e. The number of nitrogens with one attached hydrogen (secondary N) is 1. The Bertz CT molecular complexity index is 442. The van der Waals surface area contributed by atoms with Crippen LogP contribution in [-0.4, -0.2) is 43.4 Å². The SMILES string of the molecule is C[C@H]1CNCCN1Cc1ccccc1OCC(F)(F)F.Cl. The Hall–Kier alpha value is -0.980. The topological polar surface area (TPSA) is 24.5 Å².